The van der Waals surface area contributed by atoms with E-state index in [0.717, 1.165) is 5.69 Å². The summed E-state index contributed by atoms with van der Waals surface area (Å²) in [6.45, 7) is 3.52. The molecule has 0 aromatic heterocycles. The third kappa shape index (κ3) is 2.75. The van der Waals surface area contributed by atoms with Crippen molar-refractivity contribution in [3.05, 3.63) is 30.1 Å². The number of nitrogens with one attached hydrogen (secondary N) is 1. The number of hydrogen-bond donors (Lipinski definition) is 1. The van der Waals surface area contributed by atoms with Gasteiger partial charge in [-0.2, -0.15) is 5.26 Å². The second-order valence-electron chi connectivity index (χ2n) is 3.37. The van der Waals surface area contributed by atoms with Crippen LogP contribution in [0.25, 0.3) is 0 Å². The van der Waals surface area contributed by atoms with Gasteiger partial charge in [-0.05, 0) is 38.1 Å². The van der Waals surface area contributed by atoms with Crippen LogP contribution in [-0.4, -0.2) is 5.54 Å². The van der Waals surface area contributed by atoms with Crippen LogP contribution in [0.15, 0.2) is 24.3 Å². The van der Waals surface area contributed by atoms with Crippen molar-refractivity contribution < 1.29 is 4.39 Å². The molecule has 0 aliphatic heterocycles. The van der Waals surface area contributed by atoms with Gasteiger partial charge in [0.25, 0.3) is 0 Å². The Kier molecular flexibility index (Phi) is 2.52. The molecule has 1 rings (SSSR count). The Morgan fingerprint density at radius 2 is 1.85 bits per heavy atom. The molecular formula is C10H11FN2. The van der Waals surface area contributed by atoms with Crippen molar-refractivity contribution in [1.82, 2.24) is 0 Å². The summed E-state index contributed by atoms with van der Waals surface area (Å²) in [7, 11) is 0. The molecule has 0 aliphatic carbocycles. The highest BCUT2D eigenvalue weighted by molar-refractivity contribution is 5.46. The summed E-state index contributed by atoms with van der Waals surface area (Å²) in [5.74, 6) is -0.277. The Balaban J connectivity index is 2.77. The van der Waals surface area contributed by atoms with E-state index >= 15 is 0 Å². The highest BCUT2D eigenvalue weighted by Gasteiger charge is 2.15. The van der Waals surface area contributed by atoms with Gasteiger partial charge in [-0.15, -0.1) is 0 Å². The second kappa shape index (κ2) is 3.44. The van der Waals surface area contributed by atoms with E-state index in [0.29, 0.717) is 0 Å². The minimum atomic E-state index is -0.627. The molecule has 0 aliphatic rings. The van der Waals surface area contributed by atoms with E-state index in [1.165, 1.54) is 12.1 Å². The molecule has 68 valence electrons. The molecule has 0 saturated carbocycles. The highest BCUT2D eigenvalue weighted by Crippen LogP contribution is 2.14. The lowest BCUT2D eigenvalue weighted by molar-refractivity contribution is 0.627. The maximum absolute atomic E-state index is 12.5. The molecule has 1 aromatic rings. The van der Waals surface area contributed by atoms with Crippen molar-refractivity contribution in [2.75, 3.05) is 5.32 Å². The monoisotopic (exact) mass is 178 g/mol. The van der Waals surface area contributed by atoms with Crippen LogP contribution in [0.4, 0.5) is 10.1 Å². The van der Waals surface area contributed by atoms with Crippen LogP contribution in [0.1, 0.15) is 13.8 Å². The number of benzene rings is 1. The van der Waals surface area contributed by atoms with E-state index in [-0.39, 0.29) is 5.82 Å². The summed E-state index contributed by atoms with van der Waals surface area (Å²) >= 11 is 0. The smallest absolute Gasteiger partial charge is 0.123 e. The molecule has 13 heavy (non-hydrogen) atoms. The number of nitriles is 1. The van der Waals surface area contributed by atoms with Crippen molar-refractivity contribution in [2.45, 2.75) is 19.4 Å². The van der Waals surface area contributed by atoms with E-state index in [4.69, 9.17) is 5.26 Å². The summed E-state index contributed by atoms with van der Waals surface area (Å²) < 4.78 is 12.5. The van der Waals surface area contributed by atoms with Crippen LogP contribution in [0.2, 0.25) is 0 Å². The molecule has 0 saturated heterocycles. The minimum absolute atomic E-state index is 0.277. The van der Waals surface area contributed by atoms with Crippen molar-refractivity contribution in [1.29, 1.82) is 5.26 Å². The van der Waals surface area contributed by atoms with Gasteiger partial charge in [0.1, 0.15) is 11.4 Å². The Hall–Kier alpha value is -1.56. The molecule has 3 heteroatoms. The predicted molar refractivity (Wildman–Crippen MR) is 49.7 cm³/mol. The van der Waals surface area contributed by atoms with Crippen LogP contribution in [0, 0.1) is 17.1 Å². The van der Waals surface area contributed by atoms with Gasteiger partial charge in [0.05, 0.1) is 6.07 Å². The molecule has 0 unspecified atom stereocenters. The molecule has 2 nitrogen and oxygen atoms in total. The Morgan fingerprint density at radius 1 is 1.31 bits per heavy atom. The van der Waals surface area contributed by atoms with E-state index in [1.54, 1.807) is 26.0 Å². The molecule has 0 heterocycles. The fourth-order valence-corrected chi connectivity index (χ4v) is 0.922. The summed E-state index contributed by atoms with van der Waals surface area (Å²) in [4.78, 5) is 0. The average molecular weight is 178 g/mol. The van der Waals surface area contributed by atoms with Gasteiger partial charge >= 0.3 is 0 Å². The molecule has 1 N–H and O–H groups in total. The first kappa shape index (κ1) is 9.53. The van der Waals surface area contributed by atoms with Gasteiger partial charge in [0.2, 0.25) is 0 Å². The summed E-state index contributed by atoms with van der Waals surface area (Å²) in [5, 5.41) is 11.7. The Bertz CT molecular complexity index is 322. The lowest BCUT2D eigenvalue weighted by Crippen LogP contribution is -2.28. The van der Waals surface area contributed by atoms with E-state index in [2.05, 4.69) is 11.4 Å². The number of halogens is 1. The second-order valence-corrected chi connectivity index (χ2v) is 3.37. The first-order valence-corrected chi connectivity index (χ1v) is 3.98. The summed E-state index contributed by atoms with van der Waals surface area (Å²) in [6.07, 6.45) is 0. The topological polar surface area (TPSA) is 35.8 Å². The van der Waals surface area contributed by atoms with E-state index < -0.39 is 5.54 Å². The zero-order chi connectivity index (χ0) is 9.90. The standard InChI is InChI=1S/C10H11FN2/c1-10(2,7-12)13-9-5-3-8(11)4-6-9/h3-6,13H,1-2H3. The zero-order valence-electron chi connectivity index (χ0n) is 7.63. The molecule has 0 fully saturated rings. The maximum atomic E-state index is 12.5. The molecule has 0 atom stereocenters. The fraction of sp³-hybridized carbons (Fsp3) is 0.300. The van der Waals surface area contributed by atoms with Gasteiger partial charge in [-0.25, -0.2) is 4.39 Å². The number of rotatable bonds is 2. The molecule has 0 amide bonds. The van der Waals surface area contributed by atoms with E-state index in [1.807, 2.05) is 0 Å². The number of hydrogen-bond acceptors (Lipinski definition) is 2. The van der Waals surface area contributed by atoms with Crippen LogP contribution >= 0.6 is 0 Å². The van der Waals surface area contributed by atoms with Crippen molar-refractivity contribution in [3.8, 4) is 6.07 Å². The van der Waals surface area contributed by atoms with Crippen molar-refractivity contribution in [3.63, 3.8) is 0 Å². The minimum Gasteiger partial charge on any atom is -0.368 e. The van der Waals surface area contributed by atoms with Gasteiger partial charge in [0.15, 0.2) is 0 Å². The van der Waals surface area contributed by atoms with Gasteiger partial charge in [-0.1, -0.05) is 0 Å². The molecule has 1 aromatic carbocycles. The van der Waals surface area contributed by atoms with Crippen molar-refractivity contribution >= 4 is 5.69 Å². The lowest BCUT2D eigenvalue weighted by Gasteiger charge is -2.18. The average Bonchev–Trinajstić information content (AvgIpc) is 2.09. The van der Waals surface area contributed by atoms with Gasteiger partial charge in [-0.3, -0.25) is 0 Å². The number of anilines is 1. The summed E-state index contributed by atoms with van der Waals surface area (Å²) in [5.41, 5.74) is 0.116. The molecule has 0 spiro atoms. The summed E-state index contributed by atoms with van der Waals surface area (Å²) in [6, 6.07) is 8.02. The quantitative estimate of drug-likeness (QED) is 0.755. The Morgan fingerprint density at radius 3 is 2.31 bits per heavy atom. The van der Waals surface area contributed by atoms with Crippen LogP contribution in [-0.2, 0) is 0 Å². The van der Waals surface area contributed by atoms with Gasteiger partial charge in [0, 0.05) is 5.69 Å². The van der Waals surface area contributed by atoms with Crippen LogP contribution < -0.4 is 5.32 Å². The molecule has 0 bridgehead atoms. The van der Waals surface area contributed by atoms with Crippen molar-refractivity contribution in [2.24, 2.45) is 0 Å². The Labute approximate surface area is 77.0 Å². The SMILES string of the molecule is CC(C)(C#N)Nc1ccc(F)cc1. The first-order valence-electron chi connectivity index (χ1n) is 3.98. The lowest BCUT2D eigenvalue weighted by atomic mass is 10.1. The van der Waals surface area contributed by atoms with Crippen LogP contribution in [0.3, 0.4) is 0 Å². The fourth-order valence-electron chi connectivity index (χ4n) is 0.922. The highest BCUT2D eigenvalue weighted by atomic mass is 19.1. The molecular weight excluding hydrogens is 167 g/mol. The third-order valence-electron chi connectivity index (χ3n) is 1.58. The predicted octanol–water partition coefficient (Wildman–Crippen LogP) is 2.54. The zero-order valence-corrected chi connectivity index (χ0v) is 7.63. The van der Waals surface area contributed by atoms with Crippen LogP contribution in [0.5, 0.6) is 0 Å². The number of nitrogens with zero attached hydrogens (tertiary/aromatic N) is 1. The maximum Gasteiger partial charge on any atom is 0.123 e. The largest absolute Gasteiger partial charge is 0.368 e. The van der Waals surface area contributed by atoms with Gasteiger partial charge < -0.3 is 5.32 Å². The normalized spacial score (nSPS) is 10.6. The van der Waals surface area contributed by atoms with E-state index in [9.17, 15) is 4.39 Å². The first-order chi connectivity index (χ1) is 6.03. The molecule has 0 radical (unpaired) electrons. The third-order valence-corrected chi connectivity index (χ3v) is 1.58.